The maximum Gasteiger partial charge on any atom is 0.204 e. The second kappa shape index (κ2) is 9.06. The molecule has 0 atom stereocenters. The molecular weight excluding hydrogens is 419 g/mol. The molecule has 0 aliphatic carbocycles. The van der Waals surface area contributed by atoms with Crippen LogP contribution in [0.2, 0.25) is 0 Å². The van der Waals surface area contributed by atoms with E-state index in [0.29, 0.717) is 0 Å². The van der Waals surface area contributed by atoms with Crippen molar-refractivity contribution in [2.75, 3.05) is 0 Å². The smallest absolute Gasteiger partial charge is 0.204 e. The fourth-order valence-electron chi connectivity index (χ4n) is 3.06. The molecule has 0 unspecified atom stereocenters. The van der Waals surface area contributed by atoms with E-state index in [0.717, 1.165) is 24.3 Å². The SMILES string of the molecule is [Cl][Cu][Cl].c1ccc(C(c2ccccc2)(n2cccn2)n2cccn2)cc1. The van der Waals surface area contributed by atoms with Crippen molar-refractivity contribution in [2.45, 2.75) is 5.66 Å². The average Bonchev–Trinajstić information content (AvgIpc) is 3.40. The average molecular weight is 435 g/mol. The summed E-state index contributed by atoms with van der Waals surface area (Å²) in [5.41, 5.74) is 1.53. The second-order valence-electron chi connectivity index (χ2n) is 5.35. The third kappa shape index (κ3) is 3.57. The molecule has 2 aromatic heterocycles. The van der Waals surface area contributed by atoms with Gasteiger partial charge in [0, 0.05) is 35.9 Å². The first-order valence-corrected chi connectivity index (χ1v) is 10.4. The number of benzene rings is 2. The van der Waals surface area contributed by atoms with Gasteiger partial charge in [-0.3, -0.25) is 0 Å². The summed E-state index contributed by atoms with van der Waals surface area (Å²) in [7, 11) is 9.34. The third-order valence-electron chi connectivity index (χ3n) is 4.02. The molecule has 26 heavy (non-hydrogen) atoms. The van der Waals surface area contributed by atoms with Crippen molar-refractivity contribution in [3.05, 3.63) is 109 Å². The van der Waals surface area contributed by atoms with Gasteiger partial charge in [-0.25, -0.2) is 9.36 Å². The standard InChI is InChI=1S/C19H16N4.2ClH.Cu/c1-3-9-17(10-4-1)19(22-15-7-13-20-22,23-16-8-14-21-23)18-11-5-2-6-12-18;;;/h1-16H;2*1H;/q;;;+2/p-2. The molecule has 4 aromatic rings. The fraction of sp³-hybridized carbons (Fsp3) is 0.0526. The molecule has 7 heteroatoms. The summed E-state index contributed by atoms with van der Waals surface area (Å²) in [6.45, 7) is 0. The molecule has 0 N–H and O–H groups in total. The van der Waals surface area contributed by atoms with Crippen molar-refractivity contribution in [3.63, 3.8) is 0 Å². The van der Waals surface area contributed by atoms with Gasteiger partial charge in [-0.15, -0.1) is 0 Å². The molecule has 0 spiro atoms. The molecule has 0 fully saturated rings. The van der Waals surface area contributed by atoms with Crippen molar-refractivity contribution in [1.82, 2.24) is 19.6 Å². The maximum atomic E-state index is 4.67. The van der Waals surface area contributed by atoms with Crippen molar-refractivity contribution >= 4 is 20.2 Å². The summed E-state index contributed by atoms with van der Waals surface area (Å²) in [5, 5.41) is 9.11. The van der Waals surface area contributed by atoms with Gasteiger partial charge in [0.2, 0.25) is 5.66 Å². The van der Waals surface area contributed by atoms with E-state index < -0.39 is 5.66 Å². The quantitative estimate of drug-likeness (QED) is 0.434. The molecule has 2 heterocycles. The van der Waals surface area contributed by atoms with Crippen LogP contribution >= 0.6 is 20.2 Å². The summed E-state index contributed by atoms with van der Waals surface area (Å²) in [6.07, 6.45) is 7.54. The third-order valence-corrected chi connectivity index (χ3v) is 4.02. The van der Waals surface area contributed by atoms with Crippen molar-refractivity contribution in [1.29, 1.82) is 0 Å². The Bertz CT molecular complexity index is 806. The number of rotatable bonds is 4. The largest absolute Gasteiger partial charge is 0.237 e. The zero-order valence-corrected chi connectivity index (χ0v) is 16.0. The number of hydrogen-bond donors (Lipinski definition) is 0. The first kappa shape index (κ1) is 18.7. The van der Waals surface area contributed by atoms with E-state index in [4.69, 9.17) is 0 Å². The molecule has 0 radical (unpaired) electrons. The molecule has 0 aliphatic heterocycles. The molecule has 0 saturated carbocycles. The minimum Gasteiger partial charge on any atom is -0.237 e. The predicted octanol–water partition coefficient (Wildman–Crippen LogP) is 4.75. The van der Waals surface area contributed by atoms with Gasteiger partial charge in [0.25, 0.3) is 0 Å². The molecule has 4 rings (SSSR count). The van der Waals surface area contributed by atoms with Crippen LogP contribution in [-0.4, -0.2) is 19.6 Å². The first-order valence-electron chi connectivity index (χ1n) is 7.76. The van der Waals surface area contributed by atoms with Gasteiger partial charge in [-0.2, -0.15) is 10.2 Å². The Hall–Kier alpha value is -2.04. The second-order valence-corrected chi connectivity index (χ2v) is 6.90. The molecule has 0 amide bonds. The van der Waals surface area contributed by atoms with Crippen LogP contribution in [-0.2, 0) is 18.8 Å². The Kier molecular flexibility index (Phi) is 6.53. The Balaban J connectivity index is 0.000000613. The van der Waals surface area contributed by atoms with E-state index in [-0.39, 0.29) is 0 Å². The zero-order valence-electron chi connectivity index (χ0n) is 13.6. The Morgan fingerprint density at radius 1 is 0.654 bits per heavy atom. The van der Waals surface area contributed by atoms with Crippen LogP contribution in [0.15, 0.2) is 97.6 Å². The van der Waals surface area contributed by atoms with E-state index in [1.807, 2.05) is 70.3 Å². The van der Waals surface area contributed by atoms with Gasteiger partial charge in [0.05, 0.1) is 0 Å². The number of nitrogens with zero attached hydrogens (tertiary/aromatic N) is 4. The Labute approximate surface area is 167 Å². The van der Waals surface area contributed by atoms with Crippen LogP contribution in [0.3, 0.4) is 0 Å². The van der Waals surface area contributed by atoms with Crippen LogP contribution < -0.4 is 0 Å². The molecular formula is C19H16Cl2CuN4. The van der Waals surface area contributed by atoms with Crippen LogP contribution in [0.1, 0.15) is 11.1 Å². The molecule has 0 aliphatic rings. The summed E-state index contributed by atoms with van der Waals surface area (Å²) in [4.78, 5) is 0. The van der Waals surface area contributed by atoms with E-state index in [2.05, 4.69) is 54.7 Å². The minimum absolute atomic E-state index is 0.657. The fourth-order valence-corrected chi connectivity index (χ4v) is 3.06. The summed E-state index contributed by atoms with van der Waals surface area (Å²) >= 11 is 0.757. The van der Waals surface area contributed by atoms with Crippen molar-refractivity contribution in [2.24, 2.45) is 0 Å². The van der Waals surface area contributed by atoms with Crippen LogP contribution in [0.4, 0.5) is 0 Å². The zero-order chi connectivity index (χ0) is 18.2. The number of aromatic nitrogens is 4. The van der Waals surface area contributed by atoms with E-state index in [1.165, 1.54) is 0 Å². The van der Waals surface area contributed by atoms with E-state index in [9.17, 15) is 0 Å². The Morgan fingerprint density at radius 2 is 1.04 bits per heavy atom. The molecule has 2 aromatic carbocycles. The van der Waals surface area contributed by atoms with Crippen molar-refractivity contribution in [3.8, 4) is 0 Å². The summed E-state index contributed by atoms with van der Waals surface area (Å²) < 4.78 is 3.90. The molecule has 0 bridgehead atoms. The minimum atomic E-state index is -0.657. The monoisotopic (exact) mass is 433 g/mol. The first-order chi connectivity index (χ1) is 12.8. The topological polar surface area (TPSA) is 35.6 Å². The van der Waals surface area contributed by atoms with E-state index >= 15 is 0 Å². The van der Waals surface area contributed by atoms with Gasteiger partial charge in [0.1, 0.15) is 0 Å². The van der Waals surface area contributed by atoms with Crippen LogP contribution in [0.25, 0.3) is 0 Å². The number of hydrogen-bond acceptors (Lipinski definition) is 2. The number of halogens is 2. The van der Waals surface area contributed by atoms with Gasteiger partial charge in [-0.1, -0.05) is 60.7 Å². The molecule has 4 nitrogen and oxygen atoms in total. The molecule has 0 saturated heterocycles. The normalized spacial score (nSPS) is 11.0. The van der Waals surface area contributed by atoms with Crippen LogP contribution in [0.5, 0.6) is 0 Å². The van der Waals surface area contributed by atoms with Gasteiger partial charge >= 0.3 is 33.3 Å². The molecule has 137 valence electrons. The summed E-state index contributed by atoms with van der Waals surface area (Å²) in [6, 6.07) is 24.5. The van der Waals surface area contributed by atoms with E-state index in [1.54, 1.807) is 12.4 Å². The Morgan fingerprint density at radius 3 is 1.35 bits per heavy atom. The maximum absolute atomic E-state index is 4.67. The van der Waals surface area contributed by atoms with Crippen LogP contribution in [0, 0.1) is 0 Å². The predicted molar refractivity (Wildman–Crippen MR) is 101 cm³/mol. The van der Waals surface area contributed by atoms with Gasteiger partial charge in [-0.05, 0) is 12.1 Å². The summed E-state index contributed by atoms with van der Waals surface area (Å²) in [5.74, 6) is 0. The van der Waals surface area contributed by atoms with Gasteiger partial charge < -0.3 is 0 Å². The van der Waals surface area contributed by atoms with Gasteiger partial charge in [0.15, 0.2) is 0 Å². The van der Waals surface area contributed by atoms with Crippen molar-refractivity contribution < 1.29 is 13.1 Å².